The number of hydrogen-bond acceptors (Lipinski definition) is 9. The van der Waals surface area contributed by atoms with Crippen LogP contribution in [-0.2, 0) is 16.1 Å². The number of nitro groups is 1. The molecule has 2 N–H and O–H groups in total. The monoisotopic (exact) mass is 519 g/mol. The number of benzene rings is 1. The van der Waals surface area contributed by atoms with E-state index in [0.29, 0.717) is 49.9 Å². The van der Waals surface area contributed by atoms with Gasteiger partial charge in [0.05, 0.1) is 24.5 Å². The van der Waals surface area contributed by atoms with Crippen molar-refractivity contribution in [2.24, 2.45) is 0 Å². The SMILES string of the molecule is CC(=O)NC[C@@H]1CN(c2ccc(N3CCN(C[C@@H](O)Cn4c([N+](=O)[O-])cnc4C)CC3)c(F)c2)C(=O)O1. The van der Waals surface area contributed by atoms with E-state index in [-0.39, 0.29) is 31.4 Å². The summed E-state index contributed by atoms with van der Waals surface area (Å²) in [5, 5.41) is 24.3. The summed E-state index contributed by atoms with van der Waals surface area (Å²) in [6.45, 7) is 6.01. The first kappa shape index (κ1) is 26.3. The Bertz CT molecular complexity index is 1170. The summed E-state index contributed by atoms with van der Waals surface area (Å²) in [6, 6.07) is 4.59. The molecule has 0 spiro atoms. The maximum atomic E-state index is 15.0. The van der Waals surface area contributed by atoms with Crippen LogP contribution in [0.4, 0.5) is 26.4 Å². The summed E-state index contributed by atoms with van der Waals surface area (Å²) in [6.07, 6.45) is -0.751. The highest BCUT2D eigenvalue weighted by molar-refractivity contribution is 5.90. The Balaban J connectivity index is 1.30. The Morgan fingerprint density at radius 2 is 2.05 bits per heavy atom. The maximum Gasteiger partial charge on any atom is 0.414 e. The molecule has 4 rings (SSSR count). The molecule has 2 aromatic rings. The molecule has 0 unspecified atom stereocenters. The highest BCUT2D eigenvalue weighted by atomic mass is 19.1. The standard InChI is InChI=1S/C23H30FN7O6/c1-15-25-11-22(31(35)36)29(15)13-18(33)12-27-5-7-28(8-6-27)21-4-3-17(9-20(21)24)30-14-19(37-23(30)34)10-26-16(2)32/h3-4,9,11,18-19,33H,5-8,10,12-14H2,1-2H3,(H,26,32)/t18-,19-/m1/s1. The number of halogens is 1. The number of amides is 2. The van der Waals surface area contributed by atoms with E-state index < -0.39 is 29.0 Å². The summed E-state index contributed by atoms with van der Waals surface area (Å²) >= 11 is 0. The zero-order valence-corrected chi connectivity index (χ0v) is 20.7. The molecule has 2 amide bonds. The quantitative estimate of drug-likeness (QED) is 0.364. The lowest BCUT2D eigenvalue weighted by Crippen LogP contribution is -2.49. The molecule has 200 valence electrons. The second kappa shape index (κ2) is 11.1. The Morgan fingerprint density at radius 1 is 1.32 bits per heavy atom. The minimum Gasteiger partial charge on any atom is -0.442 e. The lowest BCUT2D eigenvalue weighted by atomic mass is 10.2. The van der Waals surface area contributed by atoms with E-state index in [4.69, 9.17) is 4.74 Å². The average molecular weight is 520 g/mol. The van der Waals surface area contributed by atoms with Gasteiger partial charge in [-0.05, 0) is 23.1 Å². The minimum atomic E-state index is -0.830. The van der Waals surface area contributed by atoms with Crippen molar-refractivity contribution >= 4 is 29.2 Å². The van der Waals surface area contributed by atoms with Gasteiger partial charge in [-0.2, -0.15) is 0 Å². The molecule has 13 nitrogen and oxygen atoms in total. The van der Waals surface area contributed by atoms with Crippen LogP contribution in [0.3, 0.4) is 0 Å². The van der Waals surface area contributed by atoms with Crippen molar-refractivity contribution in [3.8, 4) is 0 Å². The predicted molar refractivity (Wildman–Crippen MR) is 131 cm³/mol. The largest absolute Gasteiger partial charge is 0.442 e. The number of imidazole rings is 1. The van der Waals surface area contributed by atoms with Crippen LogP contribution in [0, 0.1) is 22.9 Å². The fourth-order valence-corrected chi connectivity index (χ4v) is 4.58. The number of cyclic esters (lactones) is 1. The topological polar surface area (TPSA) is 146 Å². The van der Waals surface area contributed by atoms with Crippen molar-refractivity contribution in [3.63, 3.8) is 0 Å². The molecule has 0 radical (unpaired) electrons. The molecule has 3 heterocycles. The van der Waals surface area contributed by atoms with Gasteiger partial charge in [0.15, 0.2) is 5.82 Å². The molecule has 2 atom stereocenters. The number of carbonyl (C=O) groups excluding carboxylic acids is 2. The Labute approximate surface area is 212 Å². The molecule has 14 heteroatoms. The van der Waals surface area contributed by atoms with Crippen LogP contribution in [0.1, 0.15) is 12.7 Å². The average Bonchev–Trinajstić information content (AvgIpc) is 3.40. The zero-order valence-electron chi connectivity index (χ0n) is 20.7. The van der Waals surface area contributed by atoms with E-state index in [1.54, 1.807) is 19.1 Å². The van der Waals surface area contributed by atoms with Gasteiger partial charge in [-0.25, -0.2) is 18.7 Å². The summed E-state index contributed by atoms with van der Waals surface area (Å²) in [7, 11) is 0. The number of hydrogen-bond donors (Lipinski definition) is 2. The third-order valence-electron chi connectivity index (χ3n) is 6.49. The van der Waals surface area contributed by atoms with Crippen LogP contribution in [-0.4, -0.2) is 94.5 Å². The van der Waals surface area contributed by atoms with Crippen molar-refractivity contribution in [1.29, 1.82) is 0 Å². The second-order valence-electron chi connectivity index (χ2n) is 9.16. The first-order chi connectivity index (χ1) is 17.6. The molecule has 0 aliphatic carbocycles. The van der Waals surface area contributed by atoms with E-state index in [1.165, 1.54) is 28.7 Å². The second-order valence-corrected chi connectivity index (χ2v) is 9.16. The molecule has 2 saturated heterocycles. The molecule has 2 aliphatic heterocycles. The number of aryl methyl sites for hydroxylation is 1. The van der Waals surface area contributed by atoms with E-state index in [1.807, 2.05) is 9.80 Å². The molecular weight excluding hydrogens is 489 g/mol. The molecule has 37 heavy (non-hydrogen) atoms. The fraction of sp³-hybridized carbons (Fsp3) is 0.522. The van der Waals surface area contributed by atoms with Crippen molar-refractivity contribution in [3.05, 3.63) is 46.2 Å². The van der Waals surface area contributed by atoms with Crippen LogP contribution in [0.5, 0.6) is 0 Å². The molecule has 2 aliphatic rings. The minimum absolute atomic E-state index is 0.0586. The van der Waals surface area contributed by atoms with E-state index in [9.17, 15) is 24.8 Å². The van der Waals surface area contributed by atoms with E-state index >= 15 is 4.39 Å². The normalized spacial score (nSPS) is 19.1. The van der Waals surface area contributed by atoms with Crippen molar-refractivity contribution in [2.45, 2.75) is 32.6 Å². The van der Waals surface area contributed by atoms with Gasteiger partial charge in [0, 0.05) is 46.6 Å². The van der Waals surface area contributed by atoms with E-state index in [2.05, 4.69) is 10.3 Å². The number of piperazine rings is 1. The summed E-state index contributed by atoms with van der Waals surface area (Å²) in [5.41, 5.74) is 0.790. The lowest BCUT2D eigenvalue weighted by molar-refractivity contribution is -0.392. The first-order valence-corrected chi connectivity index (χ1v) is 12.0. The number of ether oxygens (including phenoxy) is 1. The Hall–Kier alpha value is -3.78. The molecule has 0 bridgehead atoms. The molecular formula is C23H30FN7O6. The number of nitrogens with one attached hydrogen (secondary N) is 1. The third-order valence-corrected chi connectivity index (χ3v) is 6.49. The number of aliphatic hydroxyl groups is 1. The Kier molecular flexibility index (Phi) is 7.88. The van der Waals surface area contributed by atoms with Crippen LogP contribution in [0.2, 0.25) is 0 Å². The lowest BCUT2D eigenvalue weighted by Gasteiger charge is -2.37. The number of carbonyl (C=O) groups is 2. The predicted octanol–water partition coefficient (Wildman–Crippen LogP) is 0.883. The summed E-state index contributed by atoms with van der Waals surface area (Å²) in [5.74, 6) is -0.394. The highest BCUT2D eigenvalue weighted by Gasteiger charge is 2.33. The molecule has 1 aromatic carbocycles. The number of anilines is 2. The number of aromatic nitrogens is 2. The number of rotatable bonds is 9. The molecule has 0 saturated carbocycles. The van der Waals surface area contributed by atoms with Crippen molar-refractivity contribution in [2.75, 3.05) is 55.6 Å². The van der Waals surface area contributed by atoms with Crippen LogP contribution in [0.25, 0.3) is 0 Å². The number of nitrogens with zero attached hydrogens (tertiary/aromatic N) is 6. The third kappa shape index (κ3) is 6.14. The number of β-amino-alcohol motifs (C(OH)–C–C–N with tert-alkyl or cyclic N) is 1. The van der Waals surface area contributed by atoms with Gasteiger partial charge < -0.3 is 30.2 Å². The van der Waals surface area contributed by atoms with Gasteiger partial charge in [-0.15, -0.1) is 0 Å². The molecule has 1 aromatic heterocycles. The maximum absolute atomic E-state index is 15.0. The van der Waals surface area contributed by atoms with Gasteiger partial charge >= 0.3 is 11.9 Å². The first-order valence-electron chi connectivity index (χ1n) is 12.0. The van der Waals surface area contributed by atoms with Crippen molar-refractivity contribution in [1.82, 2.24) is 19.8 Å². The molecule has 2 fully saturated rings. The summed E-state index contributed by atoms with van der Waals surface area (Å²) < 4.78 is 21.7. The number of aliphatic hydroxyl groups excluding tert-OH is 1. The summed E-state index contributed by atoms with van der Waals surface area (Å²) in [4.78, 5) is 43.2. The van der Waals surface area contributed by atoms with Crippen LogP contribution < -0.4 is 15.1 Å². The van der Waals surface area contributed by atoms with Gasteiger partial charge in [0.1, 0.15) is 30.8 Å². The van der Waals surface area contributed by atoms with Crippen LogP contribution >= 0.6 is 0 Å². The van der Waals surface area contributed by atoms with Gasteiger partial charge in [0.2, 0.25) is 5.91 Å². The highest BCUT2D eigenvalue weighted by Crippen LogP contribution is 2.28. The van der Waals surface area contributed by atoms with Gasteiger partial charge in [0.25, 0.3) is 0 Å². The van der Waals surface area contributed by atoms with E-state index in [0.717, 1.165) is 0 Å². The van der Waals surface area contributed by atoms with Gasteiger partial charge in [-0.3, -0.25) is 14.6 Å². The Morgan fingerprint density at radius 3 is 2.70 bits per heavy atom. The van der Waals surface area contributed by atoms with Crippen LogP contribution in [0.15, 0.2) is 24.4 Å². The fourth-order valence-electron chi connectivity index (χ4n) is 4.58. The van der Waals surface area contributed by atoms with Gasteiger partial charge in [-0.1, -0.05) is 0 Å². The van der Waals surface area contributed by atoms with Crippen molar-refractivity contribution < 1.29 is 28.7 Å². The smallest absolute Gasteiger partial charge is 0.414 e. The zero-order chi connectivity index (χ0) is 26.7.